The molecule has 0 radical (unpaired) electrons. The molecule has 1 heterocycles. The molecule has 0 saturated carbocycles. The minimum Gasteiger partial charge on any atom is -0.296 e. The van der Waals surface area contributed by atoms with Crippen LogP contribution in [-0.2, 0) is 0 Å². The summed E-state index contributed by atoms with van der Waals surface area (Å²) in [6.07, 6.45) is 6.97. The van der Waals surface area contributed by atoms with E-state index in [4.69, 9.17) is 0 Å². The summed E-state index contributed by atoms with van der Waals surface area (Å²) in [6.45, 7) is 14.3. The second-order valence-corrected chi connectivity index (χ2v) is 7.78. The summed E-state index contributed by atoms with van der Waals surface area (Å²) < 4.78 is 0. The van der Waals surface area contributed by atoms with E-state index in [9.17, 15) is 0 Å². The fourth-order valence-corrected chi connectivity index (χ4v) is 3.60. The maximum absolute atomic E-state index is 2.58. The van der Waals surface area contributed by atoms with Gasteiger partial charge in [-0.2, -0.15) is 0 Å². The molecule has 0 aromatic heterocycles. The van der Waals surface area contributed by atoms with Gasteiger partial charge in [-0.05, 0) is 59.4 Å². The molecule has 0 bridgehead atoms. The molecule has 1 aliphatic rings. The normalized spacial score (nSPS) is 24.0. The quantitative estimate of drug-likeness (QED) is 0.654. The third-order valence-corrected chi connectivity index (χ3v) is 4.79. The van der Waals surface area contributed by atoms with Crippen LogP contribution in [0, 0.1) is 11.8 Å². The number of likely N-dealkylation sites (tertiary alicyclic amines) is 1. The summed E-state index contributed by atoms with van der Waals surface area (Å²) in [5.41, 5.74) is 0.731. The molecule has 0 atom stereocenters. The average molecular weight is 255 g/mol. The number of rotatable bonds is 4. The van der Waals surface area contributed by atoms with Gasteiger partial charge in [-0.1, -0.05) is 40.5 Å². The SMILES string of the molecule is C.CC(C)CCCC1CC(C)(C)N(C)C(C)(C)C1. The van der Waals surface area contributed by atoms with Crippen molar-refractivity contribution in [3.63, 3.8) is 0 Å². The van der Waals surface area contributed by atoms with Crippen LogP contribution < -0.4 is 0 Å². The molecule has 0 aliphatic carbocycles. The first kappa shape index (κ1) is 18.0. The van der Waals surface area contributed by atoms with E-state index in [-0.39, 0.29) is 7.43 Å². The topological polar surface area (TPSA) is 3.24 Å². The van der Waals surface area contributed by atoms with Gasteiger partial charge in [0.2, 0.25) is 0 Å². The van der Waals surface area contributed by atoms with Crippen molar-refractivity contribution in [1.82, 2.24) is 4.90 Å². The van der Waals surface area contributed by atoms with E-state index in [1.807, 2.05) is 0 Å². The van der Waals surface area contributed by atoms with Crippen molar-refractivity contribution in [1.29, 1.82) is 0 Å². The summed E-state index contributed by atoms with van der Waals surface area (Å²) in [6, 6.07) is 0. The first-order chi connectivity index (χ1) is 7.65. The summed E-state index contributed by atoms with van der Waals surface area (Å²) >= 11 is 0. The Balaban J connectivity index is 0.00000289. The van der Waals surface area contributed by atoms with Crippen LogP contribution in [0.1, 0.15) is 81.1 Å². The van der Waals surface area contributed by atoms with Crippen molar-refractivity contribution in [3.05, 3.63) is 0 Å². The van der Waals surface area contributed by atoms with Gasteiger partial charge in [0.25, 0.3) is 0 Å². The largest absolute Gasteiger partial charge is 0.296 e. The third-order valence-electron chi connectivity index (χ3n) is 4.79. The minimum absolute atomic E-state index is 0. The average Bonchev–Trinajstić information content (AvgIpc) is 2.12. The molecule has 0 aromatic rings. The lowest BCUT2D eigenvalue weighted by Gasteiger charge is -2.54. The molecule has 1 heteroatoms. The zero-order chi connectivity index (χ0) is 13.3. The predicted molar refractivity (Wildman–Crippen MR) is 84.1 cm³/mol. The number of piperidine rings is 1. The highest BCUT2D eigenvalue weighted by molar-refractivity contribution is 4.98. The van der Waals surface area contributed by atoms with E-state index in [1.54, 1.807) is 0 Å². The number of hydrogen-bond donors (Lipinski definition) is 0. The van der Waals surface area contributed by atoms with Crippen LogP contribution in [0.25, 0.3) is 0 Å². The van der Waals surface area contributed by atoms with Gasteiger partial charge in [0.1, 0.15) is 0 Å². The lowest BCUT2D eigenvalue weighted by atomic mass is 9.72. The smallest absolute Gasteiger partial charge is 0.0158 e. The minimum atomic E-state index is 0. The van der Waals surface area contributed by atoms with E-state index in [0.717, 1.165) is 11.8 Å². The summed E-state index contributed by atoms with van der Waals surface area (Å²) in [5.74, 6) is 1.79. The van der Waals surface area contributed by atoms with Gasteiger partial charge in [-0.3, -0.25) is 4.90 Å². The van der Waals surface area contributed by atoms with Crippen molar-refractivity contribution in [2.24, 2.45) is 11.8 Å². The third kappa shape index (κ3) is 4.57. The summed E-state index contributed by atoms with van der Waals surface area (Å²) in [7, 11) is 2.30. The Morgan fingerprint density at radius 2 is 1.50 bits per heavy atom. The van der Waals surface area contributed by atoms with Crippen molar-refractivity contribution in [2.45, 2.75) is 92.2 Å². The van der Waals surface area contributed by atoms with E-state index in [1.165, 1.54) is 32.1 Å². The molecular formula is C17H37N. The molecular weight excluding hydrogens is 218 g/mol. The lowest BCUT2D eigenvalue weighted by molar-refractivity contribution is -0.0322. The van der Waals surface area contributed by atoms with E-state index in [0.29, 0.717) is 11.1 Å². The predicted octanol–water partition coefficient (Wildman–Crippen LogP) is 5.35. The molecule has 0 N–H and O–H groups in total. The van der Waals surface area contributed by atoms with Crippen LogP contribution in [-0.4, -0.2) is 23.0 Å². The Labute approximate surface area is 116 Å². The molecule has 18 heavy (non-hydrogen) atoms. The Bertz CT molecular complexity index is 222. The Kier molecular flexibility index (Phi) is 6.40. The number of nitrogens with zero attached hydrogens (tertiary/aromatic N) is 1. The summed E-state index contributed by atoms with van der Waals surface area (Å²) in [5, 5.41) is 0. The highest BCUT2D eigenvalue weighted by atomic mass is 15.2. The van der Waals surface area contributed by atoms with Gasteiger partial charge >= 0.3 is 0 Å². The van der Waals surface area contributed by atoms with Crippen molar-refractivity contribution in [3.8, 4) is 0 Å². The van der Waals surface area contributed by atoms with Crippen molar-refractivity contribution < 1.29 is 0 Å². The standard InChI is InChI=1S/C16H33N.CH4/c1-13(2)9-8-10-14-11-15(3,4)17(7)16(5,6)12-14;/h13-14H,8-12H2,1-7H3;1H4. The monoisotopic (exact) mass is 255 g/mol. The lowest BCUT2D eigenvalue weighted by Crippen LogP contribution is -2.58. The molecule has 0 aromatic carbocycles. The summed E-state index contributed by atoms with van der Waals surface area (Å²) in [4.78, 5) is 2.58. The molecule has 0 amide bonds. The van der Waals surface area contributed by atoms with E-state index >= 15 is 0 Å². The van der Waals surface area contributed by atoms with Gasteiger partial charge in [0.15, 0.2) is 0 Å². The second-order valence-electron chi connectivity index (χ2n) is 7.78. The van der Waals surface area contributed by atoms with Crippen LogP contribution in [0.5, 0.6) is 0 Å². The fourth-order valence-electron chi connectivity index (χ4n) is 3.60. The van der Waals surface area contributed by atoms with Crippen LogP contribution in [0.3, 0.4) is 0 Å². The zero-order valence-electron chi connectivity index (χ0n) is 13.1. The first-order valence-corrected chi connectivity index (χ1v) is 7.39. The van der Waals surface area contributed by atoms with E-state index < -0.39 is 0 Å². The maximum atomic E-state index is 2.58. The van der Waals surface area contributed by atoms with Crippen LogP contribution in [0.4, 0.5) is 0 Å². The Hall–Kier alpha value is -0.0400. The molecule has 0 spiro atoms. The first-order valence-electron chi connectivity index (χ1n) is 7.39. The fraction of sp³-hybridized carbons (Fsp3) is 1.00. The van der Waals surface area contributed by atoms with E-state index in [2.05, 4.69) is 53.5 Å². The van der Waals surface area contributed by atoms with Gasteiger partial charge in [0, 0.05) is 11.1 Å². The van der Waals surface area contributed by atoms with Gasteiger partial charge in [-0.25, -0.2) is 0 Å². The molecule has 1 fully saturated rings. The Morgan fingerprint density at radius 3 is 1.89 bits per heavy atom. The molecule has 1 nitrogen and oxygen atoms in total. The second kappa shape index (κ2) is 6.41. The highest BCUT2D eigenvalue weighted by Crippen LogP contribution is 2.41. The Morgan fingerprint density at radius 1 is 1.06 bits per heavy atom. The van der Waals surface area contributed by atoms with Gasteiger partial charge in [0.05, 0.1) is 0 Å². The van der Waals surface area contributed by atoms with Crippen molar-refractivity contribution in [2.75, 3.05) is 7.05 Å². The van der Waals surface area contributed by atoms with Crippen LogP contribution >= 0.6 is 0 Å². The van der Waals surface area contributed by atoms with Crippen LogP contribution in [0.15, 0.2) is 0 Å². The van der Waals surface area contributed by atoms with Gasteiger partial charge in [-0.15, -0.1) is 0 Å². The zero-order valence-corrected chi connectivity index (χ0v) is 13.1. The molecule has 1 saturated heterocycles. The number of hydrogen-bond acceptors (Lipinski definition) is 1. The highest BCUT2D eigenvalue weighted by Gasteiger charge is 2.42. The molecule has 1 aliphatic heterocycles. The van der Waals surface area contributed by atoms with Crippen molar-refractivity contribution >= 4 is 0 Å². The maximum Gasteiger partial charge on any atom is 0.0158 e. The van der Waals surface area contributed by atoms with Gasteiger partial charge < -0.3 is 0 Å². The molecule has 0 unspecified atom stereocenters. The molecule has 1 rings (SSSR count). The van der Waals surface area contributed by atoms with Crippen LogP contribution in [0.2, 0.25) is 0 Å². The molecule has 110 valence electrons.